The molecule has 0 aliphatic rings. The Labute approximate surface area is 360 Å². The Morgan fingerprint density at radius 3 is 1.82 bits per heavy atom. The number of Topliss-reactive ketones (excluding diaryl/α,β-unsaturated/α-hetero) is 2. The third-order valence-corrected chi connectivity index (χ3v) is 9.62. The van der Waals surface area contributed by atoms with Gasteiger partial charge in [-0.2, -0.15) is 10.2 Å². The molecule has 328 valence electrons. The number of benzene rings is 2. The van der Waals surface area contributed by atoms with Crippen LogP contribution in [-0.4, -0.2) is 88.4 Å². The molecule has 3 N–H and O–H groups in total. The molecular weight excluding hydrogens is 821 g/mol. The highest BCUT2D eigenvalue weighted by Crippen LogP contribution is 2.26. The van der Waals surface area contributed by atoms with Crippen LogP contribution in [0.5, 0.6) is 0 Å². The second kappa shape index (κ2) is 24.4. The van der Waals surface area contributed by atoms with Crippen LogP contribution < -0.4 is 17.3 Å². The smallest absolute Gasteiger partial charge is 0.345 e. The van der Waals surface area contributed by atoms with Gasteiger partial charge in [-0.15, -0.1) is 0 Å². The molecule has 5 rings (SSSR count). The summed E-state index contributed by atoms with van der Waals surface area (Å²) in [7, 11) is 6.95. The van der Waals surface area contributed by atoms with Gasteiger partial charge in [0.1, 0.15) is 29.3 Å². The first kappa shape index (κ1) is 50.5. The van der Waals surface area contributed by atoms with Crippen LogP contribution in [0.25, 0.3) is 0 Å². The van der Waals surface area contributed by atoms with Crippen molar-refractivity contribution in [1.82, 2.24) is 38.8 Å². The maximum atomic E-state index is 12.8. The monoisotopic (exact) mass is 875 g/mol. The summed E-state index contributed by atoms with van der Waals surface area (Å²) in [4.78, 5) is 62.3. The first-order valence-electron chi connectivity index (χ1n) is 18.4. The largest absolute Gasteiger partial charge is 0.401 e. The number of nitrogens with zero attached hydrogens (tertiary/aromatic N) is 8. The number of hydrogen-bond donors (Lipinski definition) is 2. The molecule has 0 spiro atoms. The molecule has 1 atom stereocenters. The lowest BCUT2D eigenvalue weighted by atomic mass is 10.0. The zero-order valence-corrected chi connectivity index (χ0v) is 36.6. The number of hydrogen-bond acceptors (Lipinski definition) is 14. The third kappa shape index (κ3) is 13.2. The molecule has 0 aliphatic carbocycles. The van der Waals surface area contributed by atoms with Gasteiger partial charge in [-0.1, -0.05) is 72.9 Å². The van der Waals surface area contributed by atoms with Crippen molar-refractivity contribution in [3.8, 4) is 12.5 Å². The lowest BCUT2D eigenvalue weighted by molar-refractivity contribution is -0.171. The van der Waals surface area contributed by atoms with Crippen molar-refractivity contribution >= 4 is 40.6 Å². The van der Waals surface area contributed by atoms with E-state index in [2.05, 4.69) is 27.4 Å². The fourth-order valence-corrected chi connectivity index (χ4v) is 5.82. The molecule has 60 heavy (non-hydrogen) atoms. The quantitative estimate of drug-likeness (QED) is 0.0473. The summed E-state index contributed by atoms with van der Waals surface area (Å²) >= 11 is 12.7. The van der Waals surface area contributed by atoms with Crippen molar-refractivity contribution in [3.05, 3.63) is 119 Å². The average Bonchev–Trinajstić information content (AvgIpc) is 3.89. The minimum Gasteiger partial charge on any atom is -0.401 e. The third-order valence-electron chi connectivity index (χ3n) is 8.72. The van der Waals surface area contributed by atoms with Crippen molar-refractivity contribution in [2.45, 2.75) is 73.4 Å². The summed E-state index contributed by atoms with van der Waals surface area (Å²) in [6.07, 6.45) is 8.67. The molecule has 1 unspecified atom stereocenters. The van der Waals surface area contributed by atoms with E-state index < -0.39 is 6.41 Å². The first-order valence-corrected chi connectivity index (χ1v) is 19.2. The van der Waals surface area contributed by atoms with Crippen LogP contribution in [0.3, 0.4) is 0 Å². The van der Waals surface area contributed by atoms with Crippen LogP contribution in [0.2, 0.25) is 10.0 Å². The van der Waals surface area contributed by atoms with Crippen molar-refractivity contribution in [1.29, 1.82) is 0 Å². The Bertz CT molecular complexity index is 2400. The van der Waals surface area contributed by atoms with Gasteiger partial charge in [0.15, 0.2) is 11.6 Å². The van der Waals surface area contributed by atoms with Gasteiger partial charge in [0, 0.05) is 47.5 Å². The van der Waals surface area contributed by atoms with Gasteiger partial charge in [0.2, 0.25) is 0 Å². The molecule has 18 nitrogen and oxygen atoms in total. The summed E-state index contributed by atoms with van der Waals surface area (Å²) in [5.74, 6) is 4.51. The molecule has 0 saturated carbocycles. The van der Waals surface area contributed by atoms with E-state index >= 15 is 0 Å². The highest BCUT2D eigenvalue weighted by molar-refractivity contribution is 6.36. The number of aryl methyl sites for hydroxylation is 3. The van der Waals surface area contributed by atoms with Crippen molar-refractivity contribution in [2.24, 2.45) is 20.0 Å². The Kier molecular flexibility index (Phi) is 20.5. The first-order chi connectivity index (χ1) is 28.5. The van der Waals surface area contributed by atoms with Crippen molar-refractivity contribution < 1.29 is 36.4 Å². The van der Waals surface area contributed by atoms with Crippen LogP contribution in [0, 0.1) is 26.4 Å². The van der Waals surface area contributed by atoms with Crippen LogP contribution in [0.1, 0.15) is 91.3 Å². The van der Waals surface area contributed by atoms with Crippen molar-refractivity contribution in [3.63, 3.8) is 0 Å². The predicted octanol–water partition coefficient (Wildman–Crippen LogP) is 4.82. The fraction of sp³-hybridized carbons (Fsp3) is 0.400. The topological polar surface area (TPSA) is 225 Å². The zero-order valence-electron chi connectivity index (χ0n) is 35.1. The Morgan fingerprint density at radius 1 is 0.900 bits per heavy atom. The number of carbonyl (C=O) groups is 3. The SMILES string of the molecule is C#COC(OCC)N(C)C.CCC(=O)CC(=O)c1cccc(Cn2nc(C)n(C)c2=O)c1Cl.CCc1oncc1C(=O)c1cccc(Cn2nc(C)n(C)c2=O)c1Cl.NO.[HH].[HH]. The molecule has 0 aliphatic heterocycles. The number of ether oxygens (including phenoxy) is 2. The van der Waals surface area contributed by atoms with Gasteiger partial charge in [-0.3, -0.25) is 28.4 Å². The summed E-state index contributed by atoms with van der Waals surface area (Å²) < 4.78 is 20.5. The second-order valence-electron chi connectivity index (χ2n) is 12.9. The van der Waals surface area contributed by atoms with Gasteiger partial charge in [-0.05, 0) is 58.1 Å². The van der Waals surface area contributed by atoms with Crippen LogP contribution in [0.4, 0.5) is 0 Å². The maximum absolute atomic E-state index is 12.8. The van der Waals surface area contributed by atoms with E-state index in [-0.39, 0.29) is 56.1 Å². The Hall–Kier alpha value is -5.68. The number of halogens is 2. The van der Waals surface area contributed by atoms with E-state index in [1.165, 1.54) is 24.7 Å². The number of aromatic nitrogens is 7. The van der Waals surface area contributed by atoms with Crippen LogP contribution >= 0.6 is 23.2 Å². The molecule has 2 aromatic carbocycles. The summed E-state index contributed by atoms with van der Waals surface area (Å²) in [6, 6.07) is 10.2. The summed E-state index contributed by atoms with van der Waals surface area (Å²) in [5, 5.41) is 19.1. The highest BCUT2D eigenvalue weighted by atomic mass is 35.5. The average molecular weight is 877 g/mol. The Morgan fingerprint density at radius 2 is 1.40 bits per heavy atom. The summed E-state index contributed by atoms with van der Waals surface area (Å²) in [5.41, 5.74) is 1.80. The lowest BCUT2D eigenvalue weighted by Gasteiger charge is -2.20. The number of nitrogens with two attached hydrogens (primary N) is 1. The van der Waals surface area contributed by atoms with Crippen LogP contribution in [-0.2, 0) is 47.9 Å². The molecule has 0 saturated heterocycles. The van der Waals surface area contributed by atoms with Gasteiger partial charge in [-0.25, -0.2) is 24.8 Å². The molecule has 0 amide bonds. The minimum absolute atomic E-state index is 0. The van der Waals surface area contributed by atoms with Gasteiger partial charge >= 0.3 is 11.4 Å². The summed E-state index contributed by atoms with van der Waals surface area (Å²) in [6.45, 7) is 9.90. The molecule has 0 bridgehead atoms. The van der Waals surface area contributed by atoms with E-state index in [1.807, 2.05) is 27.9 Å². The van der Waals surface area contributed by atoms with E-state index in [0.717, 1.165) is 0 Å². The minimum atomic E-state index is -0.421. The molecule has 20 heteroatoms. The predicted molar refractivity (Wildman–Crippen MR) is 228 cm³/mol. The fourth-order valence-electron chi connectivity index (χ4n) is 5.25. The van der Waals surface area contributed by atoms with Gasteiger partial charge in [0.05, 0.1) is 41.3 Å². The van der Waals surface area contributed by atoms with E-state index in [1.54, 1.807) is 76.2 Å². The van der Waals surface area contributed by atoms with Crippen LogP contribution in [0.15, 0.2) is 56.7 Å². The molecule has 0 radical (unpaired) electrons. The van der Waals surface area contributed by atoms with Gasteiger partial charge in [0.25, 0.3) is 6.41 Å². The number of carbonyl (C=O) groups excluding carboxylic acids is 3. The Balaban J connectivity index is 0.000000936. The van der Waals surface area contributed by atoms with E-state index in [4.69, 9.17) is 48.8 Å². The van der Waals surface area contributed by atoms with Crippen molar-refractivity contribution in [2.75, 3.05) is 20.7 Å². The molecule has 5 aromatic rings. The maximum Gasteiger partial charge on any atom is 0.345 e. The molecule has 3 aromatic heterocycles. The highest BCUT2D eigenvalue weighted by Gasteiger charge is 2.22. The molecule has 0 fully saturated rings. The van der Waals surface area contributed by atoms with E-state index in [0.29, 0.717) is 69.7 Å². The zero-order chi connectivity index (χ0) is 45.3. The number of ketones is 3. The number of rotatable bonds is 15. The van der Waals surface area contributed by atoms with Gasteiger partial charge < -0.3 is 19.2 Å². The normalized spacial score (nSPS) is 10.9. The standard InChI is InChI=1S/C17H17ClN4O3.C16H18ClN3O3.C7H13NO2.H3NO.2H2/c1-4-14-13(8-19-25-14)16(23)12-7-5-6-11(15(12)18)9-22-17(24)21(3)10(2)20-22;1-4-12(21)8-14(22)13-7-5-6-11(15(13)17)9-20-16(23)19(3)10(2)18-20;1-5-9-7(8(3)4)10-6-2;1-2;;/h5-8H,4,9H2,1-3H3;5-7H,4,8-9H2,1-3H3;1,7H,6H2,2-4H3;2H,1H2;2*1H. The molecule has 3 heterocycles. The molecular formula is C40H55Cl2N9O9. The lowest BCUT2D eigenvalue weighted by Crippen LogP contribution is -2.32. The second-order valence-corrected chi connectivity index (χ2v) is 13.7. The van der Waals surface area contributed by atoms with E-state index in [9.17, 15) is 24.0 Å². The number of terminal acetylenes is 1.